The second-order valence-electron chi connectivity index (χ2n) is 18.9. The van der Waals surface area contributed by atoms with Gasteiger partial charge in [-0.3, -0.25) is 9.59 Å². The van der Waals surface area contributed by atoms with Crippen molar-refractivity contribution in [2.24, 2.45) is 0 Å². The number of nitrogens with one attached hydrogen (secondary N) is 1. The molecule has 0 spiro atoms. The van der Waals surface area contributed by atoms with Crippen molar-refractivity contribution in [3.05, 3.63) is 24.3 Å². The zero-order chi connectivity index (χ0) is 45.1. The molecule has 0 aliphatic carbocycles. The van der Waals surface area contributed by atoms with Crippen LogP contribution < -0.4 is 5.32 Å². The first-order valence-electron chi connectivity index (χ1n) is 27.6. The van der Waals surface area contributed by atoms with E-state index >= 15 is 0 Å². The molecule has 3 N–H and O–H groups in total. The maximum atomic E-state index is 12.4. The van der Waals surface area contributed by atoms with E-state index in [1.165, 1.54) is 199 Å². The summed E-state index contributed by atoms with van der Waals surface area (Å²) in [5.74, 6) is -0.108. The number of unbranched alkanes of at least 4 members (excludes halogenated alkanes) is 38. The normalized spacial score (nSPS) is 12.8. The number of carbonyl (C=O) groups is 2. The Hall–Kier alpha value is -1.66. The summed E-state index contributed by atoms with van der Waals surface area (Å²) in [6.45, 7) is 4.87. The molecular weight excluding hydrogens is 767 g/mol. The molecule has 0 aliphatic heterocycles. The Bertz CT molecular complexity index is 966. The molecule has 0 heterocycles. The highest BCUT2D eigenvalue weighted by atomic mass is 16.5. The summed E-state index contributed by atoms with van der Waals surface area (Å²) in [6, 6.07) is -0.648. The molecule has 2 atom stereocenters. The van der Waals surface area contributed by atoms with Crippen LogP contribution in [0.3, 0.4) is 0 Å². The Morgan fingerprint density at radius 3 is 1.16 bits per heavy atom. The minimum Gasteiger partial charge on any atom is -0.466 e. The Kier molecular flexibility index (Phi) is 50.6. The van der Waals surface area contributed by atoms with Gasteiger partial charge in [0.25, 0.3) is 0 Å². The lowest BCUT2D eigenvalue weighted by Crippen LogP contribution is -2.45. The zero-order valence-corrected chi connectivity index (χ0v) is 41.6. The van der Waals surface area contributed by atoms with Crippen molar-refractivity contribution in [1.29, 1.82) is 0 Å². The van der Waals surface area contributed by atoms with E-state index in [0.29, 0.717) is 19.4 Å². The van der Waals surface area contributed by atoms with E-state index in [4.69, 9.17) is 4.74 Å². The number of carbonyl (C=O) groups excluding carboxylic acids is 2. The molecule has 0 aromatic heterocycles. The van der Waals surface area contributed by atoms with E-state index in [9.17, 15) is 19.8 Å². The third-order valence-electron chi connectivity index (χ3n) is 12.7. The SMILES string of the molecule is CCCCCCCCCCCCCCCCCCC/C=C/C(O)C(CO)NC(=O)CCCCC/C=C\CCCCCCCCOC(=O)CCCCCCCCCCCCCCC. The van der Waals surface area contributed by atoms with E-state index in [1.54, 1.807) is 6.08 Å². The molecule has 0 fully saturated rings. The molecule has 62 heavy (non-hydrogen) atoms. The predicted octanol–water partition coefficient (Wildman–Crippen LogP) is 16.7. The Labute approximate surface area is 386 Å². The van der Waals surface area contributed by atoms with E-state index in [-0.39, 0.29) is 18.5 Å². The van der Waals surface area contributed by atoms with Gasteiger partial charge in [0.15, 0.2) is 0 Å². The van der Waals surface area contributed by atoms with Gasteiger partial charge in [-0.2, -0.15) is 0 Å². The van der Waals surface area contributed by atoms with E-state index in [2.05, 4.69) is 31.3 Å². The molecule has 6 heteroatoms. The van der Waals surface area contributed by atoms with Crippen LogP contribution in [0.2, 0.25) is 0 Å². The van der Waals surface area contributed by atoms with Crippen LogP contribution in [0.5, 0.6) is 0 Å². The molecule has 0 radical (unpaired) electrons. The van der Waals surface area contributed by atoms with Gasteiger partial charge in [-0.1, -0.05) is 250 Å². The fourth-order valence-electron chi connectivity index (χ4n) is 8.45. The van der Waals surface area contributed by atoms with Crippen LogP contribution >= 0.6 is 0 Å². The first kappa shape index (κ1) is 60.3. The Morgan fingerprint density at radius 2 is 0.758 bits per heavy atom. The second kappa shape index (κ2) is 52.0. The number of aliphatic hydroxyl groups excluding tert-OH is 2. The lowest BCUT2D eigenvalue weighted by Gasteiger charge is -2.19. The number of allylic oxidation sites excluding steroid dienone is 3. The van der Waals surface area contributed by atoms with Crippen molar-refractivity contribution < 1.29 is 24.5 Å². The maximum Gasteiger partial charge on any atom is 0.305 e. The summed E-state index contributed by atoms with van der Waals surface area (Å²) in [6.07, 6.45) is 61.9. The highest BCUT2D eigenvalue weighted by Gasteiger charge is 2.18. The summed E-state index contributed by atoms with van der Waals surface area (Å²) in [4.78, 5) is 24.5. The van der Waals surface area contributed by atoms with Gasteiger partial charge in [0.1, 0.15) is 0 Å². The van der Waals surface area contributed by atoms with Crippen LogP contribution in [0.15, 0.2) is 24.3 Å². The second-order valence-corrected chi connectivity index (χ2v) is 18.9. The summed E-state index contributed by atoms with van der Waals surface area (Å²) < 4.78 is 5.45. The monoisotopic (exact) mass is 874 g/mol. The number of aliphatic hydroxyl groups is 2. The smallest absolute Gasteiger partial charge is 0.305 e. The highest BCUT2D eigenvalue weighted by molar-refractivity contribution is 5.76. The van der Waals surface area contributed by atoms with Gasteiger partial charge in [-0.15, -0.1) is 0 Å². The van der Waals surface area contributed by atoms with Crippen molar-refractivity contribution in [2.75, 3.05) is 13.2 Å². The van der Waals surface area contributed by atoms with Crippen LogP contribution in [0, 0.1) is 0 Å². The summed E-state index contributed by atoms with van der Waals surface area (Å²) in [7, 11) is 0. The number of esters is 1. The molecule has 0 aromatic rings. The molecule has 2 unspecified atom stereocenters. The largest absolute Gasteiger partial charge is 0.466 e. The van der Waals surface area contributed by atoms with Crippen LogP contribution in [0.25, 0.3) is 0 Å². The van der Waals surface area contributed by atoms with Crippen LogP contribution in [-0.4, -0.2) is 47.4 Å². The number of rotatable bonds is 51. The van der Waals surface area contributed by atoms with Crippen LogP contribution in [0.4, 0.5) is 0 Å². The molecule has 0 aliphatic rings. The van der Waals surface area contributed by atoms with Gasteiger partial charge in [-0.05, 0) is 57.8 Å². The van der Waals surface area contributed by atoms with E-state index in [0.717, 1.165) is 70.6 Å². The fourth-order valence-corrected chi connectivity index (χ4v) is 8.45. The van der Waals surface area contributed by atoms with Gasteiger partial charge in [-0.25, -0.2) is 0 Å². The quantitative estimate of drug-likeness (QED) is 0.0321. The van der Waals surface area contributed by atoms with E-state index < -0.39 is 12.1 Å². The Balaban J connectivity index is 3.53. The maximum absolute atomic E-state index is 12.4. The number of hydrogen-bond donors (Lipinski definition) is 3. The molecule has 0 saturated carbocycles. The summed E-state index contributed by atoms with van der Waals surface area (Å²) in [5.41, 5.74) is 0. The molecule has 0 aromatic carbocycles. The Morgan fingerprint density at radius 1 is 0.435 bits per heavy atom. The minimum atomic E-state index is -0.861. The van der Waals surface area contributed by atoms with Gasteiger partial charge in [0.05, 0.1) is 25.4 Å². The van der Waals surface area contributed by atoms with Crippen LogP contribution in [0.1, 0.15) is 296 Å². The van der Waals surface area contributed by atoms with Crippen molar-refractivity contribution in [2.45, 2.75) is 309 Å². The van der Waals surface area contributed by atoms with E-state index in [1.807, 2.05) is 6.08 Å². The van der Waals surface area contributed by atoms with Gasteiger partial charge < -0.3 is 20.3 Å². The van der Waals surface area contributed by atoms with Crippen molar-refractivity contribution in [1.82, 2.24) is 5.32 Å². The standard InChI is InChI=1S/C56H107NO5/c1-3-5-7-9-11-13-15-17-18-19-20-21-22-25-28-32-36-40-44-48-54(59)53(52-58)57-55(60)49-45-41-37-33-29-26-23-27-31-35-39-43-47-51-62-56(61)50-46-42-38-34-30-24-16-14-12-10-8-6-4-2/h26,29,44,48,53-54,58-59H,3-25,27-28,30-43,45-47,49-52H2,1-2H3,(H,57,60)/b29-26-,48-44+. The van der Waals surface area contributed by atoms with Crippen molar-refractivity contribution >= 4 is 11.9 Å². The fraction of sp³-hybridized carbons (Fsp3) is 0.893. The molecule has 366 valence electrons. The molecule has 6 nitrogen and oxygen atoms in total. The topological polar surface area (TPSA) is 95.9 Å². The molecule has 0 bridgehead atoms. The van der Waals surface area contributed by atoms with Crippen molar-refractivity contribution in [3.8, 4) is 0 Å². The average molecular weight is 874 g/mol. The minimum absolute atomic E-state index is 0.0123. The third kappa shape index (κ3) is 47.8. The molecular formula is C56H107NO5. The third-order valence-corrected chi connectivity index (χ3v) is 12.7. The molecule has 0 saturated heterocycles. The predicted molar refractivity (Wildman–Crippen MR) is 269 cm³/mol. The van der Waals surface area contributed by atoms with Crippen molar-refractivity contribution in [3.63, 3.8) is 0 Å². The highest BCUT2D eigenvalue weighted by Crippen LogP contribution is 2.16. The average Bonchev–Trinajstić information content (AvgIpc) is 3.27. The summed E-state index contributed by atoms with van der Waals surface area (Å²) >= 11 is 0. The number of amides is 1. The summed E-state index contributed by atoms with van der Waals surface area (Å²) in [5, 5.41) is 23.1. The number of hydrogen-bond acceptors (Lipinski definition) is 5. The van der Waals surface area contributed by atoms with Gasteiger partial charge >= 0.3 is 5.97 Å². The molecule has 0 rings (SSSR count). The zero-order valence-electron chi connectivity index (χ0n) is 41.6. The molecule has 1 amide bonds. The van der Waals surface area contributed by atoms with Crippen LogP contribution in [-0.2, 0) is 14.3 Å². The first-order chi connectivity index (χ1) is 30.5. The lowest BCUT2D eigenvalue weighted by atomic mass is 10.0. The van der Waals surface area contributed by atoms with Gasteiger partial charge in [0.2, 0.25) is 5.91 Å². The number of ether oxygens (including phenoxy) is 1. The van der Waals surface area contributed by atoms with Gasteiger partial charge in [0, 0.05) is 12.8 Å². The first-order valence-corrected chi connectivity index (χ1v) is 27.6. The lowest BCUT2D eigenvalue weighted by molar-refractivity contribution is -0.143.